The maximum atomic E-state index is 10.0. The molecule has 0 unspecified atom stereocenters. The van der Waals surface area contributed by atoms with Gasteiger partial charge in [0.2, 0.25) is 0 Å². The standard InChI is InChI=1S/C13H14O/c1-3-11-9(2)8-10-6-4-5-7-12(10)13(11)14/h4-8,14H,3H2,1-2H3. The molecular formula is C13H14O. The van der Waals surface area contributed by atoms with Crippen molar-refractivity contribution in [2.24, 2.45) is 0 Å². The van der Waals surface area contributed by atoms with Gasteiger partial charge >= 0.3 is 0 Å². The monoisotopic (exact) mass is 186 g/mol. The molecule has 0 atom stereocenters. The van der Waals surface area contributed by atoms with Crippen molar-refractivity contribution < 1.29 is 5.11 Å². The molecule has 2 aromatic rings. The smallest absolute Gasteiger partial charge is 0.126 e. The van der Waals surface area contributed by atoms with Gasteiger partial charge in [-0.05, 0) is 29.9 Å². The maximum Gasteiger partial charge on any atom is 0.126 e. The van der Waals surface area contributed by atoms with Crippen LogP contribution in [0.5, 0.6) is 5.75 Å². The lowest BCUT2D eigenvalue weighted by Gasteiger charge is -2.09. The third-order valence-electron chi connectivity index (χ3n) is 2.70. The van der Waals surface area contributed by atoms with Crippen molar-refractivity contribution in [3.05, 3.63) is 41.5 Å². The first-order valence-electron chi connectivity index (χ1n) is 4.94. The Labute approximate surface area is 84.0 Å². The largest absolute Gasteiger partial charge is 0.507 e. The lowest BCUT2D eigenvalue weighted by atomic mass is 9.99. The summed E-state index contributed by atoms with van der Waals surface area (Å²) < 4.78 is 0. The molecule has 1 heteroatoms. The summed E-state index contributed by atoms with van der Waals surface area (Å²) in [7, 11) is 0. The zero-order chi connectivity index (χ0) is 10.1. The number of hydrogen-bond acceptors (Lipinski definition) is 1. The van der Waals surface area contributed by atoms with Crippen molar-refractivity contribution in [3.8, 4) is 5.75 Å². The molecule has 0 aliphatic rings. The summed E-state index contributed by atoms with van der Waals surface area (Å²) in [6, 6.07) is 10.1. The quantitative estimate of drug-likeness (QED) is 0.723. The number of rotatable bonds is 1. The van der Waals surface area contributed by atoms with E-state index in [9.17, 15) is 5.11 Å². The van der Waals surface area contributed by atoms with E-state index in [2.05, 4.69) is 13.0 Å². The van der Waals surface area contributed by atoms with Gasteiger partial charge < -0.3 is 5.11 Å². The second-order valence-corrected chi connectivity index (χ2v) is 3.60. The van der Waals surface area contributed by atoms with Crippen LogP contribution in [0.15, 0.2) is 30.3 Å². The highest BCUT2D eigenvalue weighted by atomic mass is 16.3. The van der Waals surface area contributed by atoms with Crippen molar-refractivity contribution in [1.29, 1.82) is 0 Å². The van der Waals surface area contributed by atoms with Crippen LogP contribution in [0.4, 0.5) is 0 Å². The number of phenolic OH excluding ortho intramolecular Hbond substituents is 1. The maximum absolute atomic E-state index is 10.0. The molecule has 0 aliphatic heterocycles. The number of fused-ring (bicyclic) bond motifs is 1. The Morgan fingerprint density at radius 2 is 1.93 bits per heavy atom. The highest BCUT2D eigenvalue weighted by Gasteiger charge is 2.07. The fourth-order valence-electron chi connectivity index (χ4n) is 1.95. The van der Waals surface area contributed by atoms with Crippen LogP contribution in [0.1, 0.15) is 18.1 Å². The predicted molar refractivity (Wildman–Crippen MR) is 59.7 cm³/mol. The Morgan fingerprint density at radius 3 is 2.64 bits per heavy atom. The number of aromatic hydroxyl groups is 1. The number of aryl methyl sites for hydroxylation is 1. The molecule has 0 aliphatic carbocycles. The van der Waals surface area contributed by atoms with Gasteiger partial charge in [0.25, 0.3) is 0 Å². The molecule has 0 saturated carbocycles. The summed E-state index contributed by atoms with van der Waals surface area (Å²) in [5.74, 6) is 0.447. The predicted octanol–water partition coefficient (Wildman–Crippen LogP) is 3.42. The van der Waals surface area contributed by atoms with Crippen LogP contribution in [0.3, 0.4) is 0 Å². The lowest BCUT2D eigenvalue weighted by Crippen LogP contribution is -1.88. The lowest BCUT2D eigenvalue weighted by molar-refractivity contribution is 0.474. The van der Waals surface area contributed by atoms with Crippen molar-refractivity contribution in [1.82, 2.24) is 0 Å². The average Bonchev–Trinajstić information content (AvgIpc) is 2.18. The van der Waals surface area contributed by atoms with Crippen LogP contribution in [-0.4, -0.2) is 5.11 Å². The molecular weight excluding hydrogens is 172 g/mol. The van der Waals surface area contributed by atoms with Gasteiger partial charge in [-0.3, -0.25) is 0 Å². The molecule has 14 heavy (non-hydrogen) atoms. The zero-order valence-electron chi connectivity index (χ0n) is 8.54. The highest BCUT2D eigenvalue weighted by molar-refractivity contribution is 5.90. The van der Waals surface area contributed by atoms with Crippen LogP contribution in [0.25, 0.3) is 10.8 Å². The summed E-state index contributed by atoms with van der Waals surface area (Å²) in [5.41, 5.74) is 2.23. The third kappa shape index (κ3) is 1.25. The molecule has 0 heterocycles. The van der Waals surface area contributed by atoms with Crippen LogP contribution in [-0.2, 0) is 6.42 Å². The van der Waals surface area contributed by atoms with Crippen LogP contribution >= 0.6 is 0 Å². The fourth-order valence-corrected chi connectivity index (χ4v) is 1.95. The Kier molecular flexibility index (Phi) is 2.16. The first-order valence-corrected chi connectivity index (χ1v) is 4.94. The van der Waals surface area contributed by atoms with E-state index in [0.717, 1.165) is 22.8 Å². The summed E-state index contributed by atoms with van der Waals surface area (Å²) >= 11 is 0. The van der Waals surface area contributed by atoms with Crippen molar-refractivity contribution in [2.45, 2.75) is 20.3 Å². The van der Waals surface area contributed by atoms with E-state index in [1.54, 1.807) is 0 Å². The van der Waals surface area contributed by atoms with E-state index in [1.807, 2.05) is 31.2 Å². The van der Waals surface area contributed by atoms with Gasteiger partial charge in [0.1, 0.15) is 5.75 Å². The van der Waals surface area contributed by atoms with Gasteiger partial charge in [-0.15, -0.1) is 0 Å². The first kappa shape index (κ1) is 9.07. The number of phenols is 1. The molecule has 0 bridgehead atoms. The van der Waals surface area contributed by atoms with Crippen molar-refractivity contribution in [2.75, 3.05) is 0 Å². The number of hydrogen-bond donors (Lipinski definition) is 1. The van der Waals surface area contributed by atoms with E-state index < -0.39 is 0 Å². The molecule has 2 aromatic carbocycles. The topological polar surface area (TPSA) is 20.2 Å². The van der Waals surface area contributed by atoms with Gasteiger partial charge in [0.15, 0.2) is 0 Å². The van der Waals surface area contributed by atoms with Gasteiger partial charge in [-0.2, -0.15) is 0 Å². The van der Waals surface area contributed by atoms with E-state index in [1.165, 1.54) is 5.56 Å². The Bertz CT molecular complexity index is 472. The van der Waals surface area contributed by atoms with Crippen LogP contribution < -0.4 is 0 Å². The normalized spacial score (nSPS) is 10.7. The highest BCUT2D eigenvalue weighted by Crippen LogP contribution is 2.31. The summed E-state index contributed by atoms with van der Waals surface area (Å²) in [5, 5.41) is 12.1. The summed E-state index contributed by atoms with van der Waals surface area (Å²) in [6.45, 7) is 4.11. The van der Waals surface area contributed by atoms with Crippen molar-refractivity contribution in [3.63, 3.8) is 0 Å². The average molecular weight is 186 g/mol. The zero-order valence-corrected chi connectivity index (χ0v) is 8.54. The Balaban J connectivity index is 2.86. The molecule has 0 saturated heterocycles. The molecule has 2 rings (SSSR count). The Hall–Kier alpha value is -1.50. The van der Waals surface area contributed by atoms with Gasteiger partial charge in [0, 0.05) is 5.39 Å². The SMILES string of the molecule is CCc1c(C)cc2ccccc2c1O. The molecule has 0 radical (unpaired) electrons. The van der Waals surface area contributed by atoms with Gasteiger partial charge in [-0.25, -0.2) is 0 Å². The first-order chi connectivity index (χ1) is 6.74. The van der Waals surface area contributed by atoms with E-state index in [4.69, 9.17) is 0 Å². The van der Waals surface area contributed by atoms with Gasteiger partial charge in [0.05, 0.1) is 0 Å². The number of benzene rings is 2. The molecule has 0 spiro atoms. The minimum atomic E-state index is 0.447. The van der Waals surface area contributed by atoms with Crippen LogP contribution in [0.2, 0.25) is 0 Å². The fraction of sp³-hybridized carbons (Fsp3) is 0.231. The summed E-state index contributed by atoms with van der Waals surface area (Å²) in [6.07, 6.45) is 0.877. The second-order valence-electron chi connectivity index (χ2n) is 3.60. The molecule has 0 aromatic heterocycles. The minimum Gasteiger partial charge on any atom is -0.507 e. The minimum absolute atomic E-state index is 0.447. The third-order valence-corrected chi connectivity index (χ3v) is 2.70. The molecule has 1 nitrogen and oxygen atoms in total. The molecule has 72 valence electrons. The summed E-state index contributed by atoms with van der Waals surface area (Å²) in [4.78, 5) is 0. The molecule has 0 fully saturated rings. The van der Waals surface area contributed by atoms with Crippen LogP contribution in [0, 0.1) is 6.92 Å². The van der Waals surface area contributed by atoms with Gasteiger partial charge in [-0.1, -0.05) is 37.3 Å². The van der Waals surface area contributed by atoms with E-state index in [-0.39, 0.29) is 0 Å². The molecule has 0 amide bonds. The van der Waals surface area contributed by atoms with E-state index >= 15 is 0 Å². The molecule has 1 N–H and O–H groups in total. The Morgan fingerprint density at radius 1 is 1.21 bits per heavy atom. The van der Waals surface area contributed by atoms with Crippen molar-refractivity contribution >= 4 is 10.8 Å². The second kappa shape index (κ2) is 3.33. The van der Waals surface area contributed by atoms with E-state index in [0.29, 0.717) is 5.75 Å².